The third-order valence-electron chi connectivity index (χ3n) is 4.66. The lowest BCUT2D eigenvalue weighted by molar-refractivity contribution is -0.131. The average Bonchev–Trinajstić information content (AvgIpc) is 2.68. The number of piperidine rings is 1. The molecule has 0 aliphatic carbocycles. The molecule has 1 heterocycles. The summed E-state index contributed by atoms with van der Waals surface area (Å²) in [6.07, 6.45) is 1.87. The van der Waals surface area contributed by atoms with Gasteiger partial charge in [-0.05, 0) is 36.6 Å². The highest BCUT2D eigenvalue weighted by Gasteiger charge is 2.24. The van der Waals surface area contributed by atoms with Gasteiger partial charge in [-0.15, -0.1) is 0 Å². The van der Waals surface area contributed by atoms with Crippen LogP contribution in [-0.2, 0) is 16.0 Å². The molecule has 1 saturated heterocycles. The summed E-state index contributed by atoms with van der Waals surface area (Å²) < 4.78 is 5.45. The molecule has 1 N–H and O–H groups in total. The molecule has 2 aromatic rings. The number of nitrogens with zero attached hydrogens (tertiary/aromatic N) is 1. The summed E-state index contributed by atoms with van der Waals surface area (Å²) in [5.74, 6) is 0.333. The maximum Gasteiger partial charge on any atom is 0.258 e. The van der Waals surface area contributed by atoms with Crippen LogP contribution in [0.2, 0.25) is 10.0 Å². The molecule has 0 atom stereocenters. The van der Waals surface area contributed by atoms with Crippen molar-refractivity contribution >= 4 is 35.0 Å². The van der Waals surface area contributed by atoms with Crippen LogP contribution in [0.25, 0.3) is 0 Å². The Morgan fingerprint density at radius 3 is 2.46 bits per heavy atom. The van der Waals surface area contributed by atoms with Gasteiger partial charge in [0.05, 0.1) is 11.4 Å². The molecule has 2 aromatic carbocycles. The van der Waals surface area contributed by atoms with Crippen LogP contribution in [0.5, 0.6) is 5.75 Å². The Kier molecular flexibility index (Phi) is 7.18. The largest absolute Gasteiger partial charge is 0.482 e. The Bertz CT molecular complexity index is 822. The molecule has 0 unspecified atom stereocenters. The number of carbonyl (C=O) groups excluding carboxylic acids is 2. The maximum absolute atomic E-state index is 12.4. The quantitative estimate of drug-likeness (QED) is 0.774. The Morgan fingerprint density at radius 2 is 1.79 bits per heavy atom. The lowest BCUT2D eigenvalue weighted by atomic mass is 10.0. The fraction of sp³-hybridized carbons (Fsp3) is 0.333. The molecular formula is C21H22Cl2N2O3. The van der Waals surface area contributed by atoms with Crippen molar-refractivity contribution in [1.82, 2.24) is 10.2 Å². The van der Waals surface area contributed by atoms with Crippen LogP contribution in [0.3, 0.4) is 0 Å². The Hall–Kier alpha value is -2.24. The van der Waals surface area contributed by atoms with E-state index >= 15 is 0 Å². The number of rotatable bonds is 6. The van der Waals surface area contributed by atoms with Crippen LogP contribution >= 0.6 is 23.2 Å². The van der Waals surface area contributed by atoms with Crippen LogP contribution in [0.15, 0.2) is 48.5 Å². The van der Waals surface area contributed by atoms with Gasteiger partial charge in [-0.25, -0.2) is 0 Å². The van der Waals surface area contributed by atoms with E-state index in [4.69, 9.17) is 27.9 Å². The van der Waals surface area contributed by atoms with Crippen molar-refractivity contribution in [2.24, 2.45) is 0 Å². The SMILES string of the molecule is O=C(COc1ccc(Cl)cc1Cl)NC1CCN(C(=O)Cc2ccccc2)CC1. The molecule has 3 rings (SSSR count). The molecule has 0 saturated carbocycles. The van der Waals surface area contributed by atoms with Crippen LogP contribution < -0.4 is 10.1 Å². The number of carbonyl (C=O) groups is 2. The van der Waals surface area contributed by atoms with Gasteiger partial charge in [0.25, 0.3) is 5.91 Å². The highest BCUT2D eigenvalue weighted by atomic mass is 35.5. The number of hydrogen-bond donors (Lipinski definition) is 1. The fourth-order valence-corrected chi connectivity index (χ4v) is 3.62. The van der Waals surface area contributed by atoms with Gasteiger partial charge in [-0.3, -0.25) is 9.59 Å². The van der Waals surface area contributed by atoms with E-state index in [-0.39, 0.29) is 24.5 Å². The molecule has 7 heteroatoms. The summed E-state index contributed by atoms with van der Waals surface area (Å²) in [4.78, 5) is 26.4. The van der Waals surface area contributed by atoms with Gasteiger partial charge in [0, 0.05) is 24.2 Å². The van der Waals surface area contributed by atoms with E-state index in [1.54, 1.807) is 18.2 Å². The number of ether oxygens (including phenoxy) is 1. The Morgan fingerprint density at radius 1 is 1.07 bits per heavy atom. The second-order valence-corrected chi connectivity index (χ2v) is 7.59. The molecule has 5 nitrogen and oxygen atoms in total. The summed E-state index contributed by atoms with van der Waals surface area (Å²) in [6, 6.07) is 14.6. The van der Waals surface area contributed by atoms with E-state index < -0.39 is 0 Å². The first-order valence-electron chi connectivity index (χ1n) is 9.20. The Balaban J connectivity index is 1.40. The first kappa shape index (κ1) is 20.5. The normalized spacial score (nSPS) is 14.6. The molecule has 1 aliphatic rings. The maximum atomic E-state index is 12.4. The molecule has 0 bridgehead atoms. The fourth-order valence-electron chi connectivity index (χ4n) is 3.16. The predicted molar refractivity (Wildman–Crippen MR) is 110 cm³/mol. The van der Waals surface area contributed by atoms with Gasteiger partial charge < -0.3 is 15.0 Å². The predicted octanol–water partition coefficient (Wildman–Crippen LogP) is 3.72. The zero-order valence-corrected chi connectivity index (χ0v) is 16.9. The van der Waals surface area contributed by atoms with Gasteiger partial charge in [-0.2, -0.15) is 0 Å². The molecule has 0 radical (unpaired) electrons. The number of halogens is 2. The smallest absolute Gasteiger partial charge is 0.258 e. The van der Waals surface area contributed by atoms with Crippen molar-refractivity contribution in [2.75, 3.05) is 19.7 Å². The number of nitrogens with one attached hydrogen (secondary N) is 1. The highest BCUT2D eigenvalue weighted by Crippen LogP contribution is 2.27. The van der Waals surface area contributed by atoms with Crippen LogP contribution in [-0.4, -0.2) is 42.5 Å². The van der Waals surface area contributed by atoms with E-state index in [1.165, 1.54) is 0 Å². The molecule has 0 spiro atoms. The summed E-state index contributed by atoms with van der Waals surface area (Å²) in [7, 11) is 0. The molecule has 0 aromatic heterocycles. The molecular weight excluding hydrogens is 399 g/mol. The van der Waals surface area contributed by atoms with Gasteiger partial charge in [-0.1, -0.05) is 53.5 Å². The van der Waals surface area contributed by atoms with E-state index in [1.807, 2.05) is 35.2 Å². The number of benzene rings is 2. The molecule has 1 fully saturated rings. The van der Waals surface area contributed by atoms with Crippen molar-refractivity contribution in [2.45, 2.75) is 25.3 Å². The minimum absolute atomic E-state index is 0.0394. The standard InChI is InChI=1S/C21H22Cl2N2O3/c22-16-6-7-19(18(23)13-16)28-14-20(26)24-17-8-10-25(11-9-17)21(27)12-15-4-2-1-3-5-15/h1-7,13,17H,8-12,14H2,(H,24,26). The van der Waals surface area contributed by atoms with E-state index in [0.29, 0.717) is 35.3 Å². The van der Waals surface area contributed by atoms with E-state index in [9.17, 15) is 9.59 Å². The van der Waals surface area contributed by atoms with Crippen molar-refractivity contribution in [3.63, 3.8) is 0 Å². The van der Waals surface area contributed by atoms with Crippen molar-refractivity contribution < 1.29 is 14.3 Å². The van der Waals surface area contributed by atoms with Gasteiger partial charge in [0.2, 0.25) is 5.91 Å². The zero-order valence-electron chi connectivity index (χ0n) is 15.4. The second-order valence-electron chi connectivity index (χ2n) is 6.75. The van der Waals surface area contributed by atoms with Crippen molar-refractivity contribution in [3.05, 3.63) is 64.1 Å². The third-order valence-corrected chi connectivity index (χ3v) is 5.19. The molecule has 2 amide bonds. The van der Waals surface area contributed by atoms with Gasteiger partial charge >= 0.3 is 0 Å². The second kappa shape index (κ2) is 9.80. The topological polar surface area (TPSA) is 58.6 Å². The number of likely N-dealkylation sites (tertiary alicyclic amines) is 1. The third kappa shape index (κ3) is 5.88. The Labute approximate surface area is 174 Å². The van der Waals surface area contributed by atoms with E-state index in [2.05, 4.69) is 5.32 Å². The van der Waals surface area contributed by atoms with Gasteiger partial charge in [0.15, 0.2) is 6.61 Å². The minimum atomic E-state index is -0.208. The minimum Gasteiger partial charge on any atom is -0.482 e. The lowest BCUT2D eigenvalue weighted by Crippen LogP contribution is -2.47. The number of amides is 2. The monoisotopic (exact) mass is 420 g/mol. The summed E-state index contributed by atoms with van der Waals surface area (Å²) in [5, 5.41) is 3.83. The summed E-state index contributed by atoms with van der Waals surface area (Å²) in [6.45, 7) is 1.16. The number of hydrogen-bond acceptors (Lipinski definition) is 3. The van der Waals surface area contributed by atoms with Crippen LogP contribution in [0, 0.1) is 0 Å². The lowest BCUT2D eigenvalue weighted by Gasteiger charge is -2.32. The first-order valence-corrected chi connectivity index (χ1v) is 9.96. The molecule has 148 valence electrons. The average molecular weight is 421 g/mol. The summed E-state index contributed by atoms with van der Waals surface area (Å²) in [5.41, 5.74) is 1.01. The van der Waals surface area contributed by atoms with Crippen molar-refractivity contribution in [3.8, 4) is 5.75 Å². The summed E-state index contributed by atoms with van der Waals surface area (Å²) >= 11 is 11.9. The highest BCUT2D eigenvalue weighted by molar-refractivity contribution is 6.35. The molecule has 28 heavy (non-hydrogen) atoms. The van der Waals surface area contributed by atoms with Gasteiger partial charge in [0.1, 0.15) is 5.75 Å². The van der Waals surface area contributed by atoms with Crippen LogP contribution in [0.4, 0.5) is 0 Å². The zero-order chi connectivity index (χ0) is 19.9. The first-order chi connectivity index (χ1) is 13.5. The van der Waals surface area contributed by atoms with Crippen molar-refractivity contribution in [1.29, 1.82) is 0 Å². The van der Waals surface area contributed by atoms with E-state index in [0.717, 1.165) is 18.4 Å². The van der Waals surface area contributed by atoms with Crippen LogP contribution in [0.1, 0.15) is 18.4 Å². The molecule has 1 aliphatic heterocycles.